The molecule has 0 unspecified atom stereocenters. The summed E-state index contributed by atoms with van der Waals surface area (Å²) in [5, 5.41) is 18.1. The number of hydrogen-bond acceptors (Lipinski definition) is 3. The van der Waals surface area contributed by atoms with E-state index in [4.69, 9.17) is 14.8 Å². The minimum absolute atomic E-state index is 0.103. The van der Waals surface area contributed by atoms with E-state index in [9.17, 15) is 4.39 Å². The lowest BCUT2D eigenvalue weighted by Crippen LogP contribution is -2.30. The highest BCUT2D eigenvalue weighted by atomic mass is 19.1. The van der Waals surface area contributed by atoms with Crippen LogP contribution in [0, 0.1) is 11.7 Å². The number of benzene rings is 1. The number of hydrogen-bond donors (Lipinski definition) is 2. The van der Waals surface area contributed by atoms with Gasteiger partial charge in [-0.05, 0) is 36.4 Å². The monoisotopic (exact) mass is 252 g/mol. The predicted molar refractivity (Wildman–Crippen MR) is 68.3 cm³/mol. The molecule has 0 amide bonds. The molecule has 0 spiro atoms. The first-order valence-corrected chi connectivity index (χ1v) is 6.45. The quantitative estimate of drug-likeness (QED) is 0.797. The molecule has 2 rings (SSSR count). The summed E-state index contributed by atoms with van der Waals surface area (Å²) >= 11 is 0. The summed E-state index contributed by atoms with van der Waals surface area (Å²) in [7, 11) is -1.59. The van der Waals surface area contributed by atoms with Gasteiger partial charge in [0, 0.05) is 0 Å². The van der Waals surface area contributed by atoms with Gasteiger partial charge in [0.25, 0.3) is 0 Å². The first kappa shape index (κ1) is 13.4. The molecule has 18 heavy (non-hydrogen) atoms. The van der Waals surface area contributed by atoms with Gasteiger partial charge in [0.15, 0.2) is 11.6 Å². The molecule has 0 atom stereocenters. The van der Waals surface area contributed by atoms with Crippen LogP contribution in [0.2, 0.25) is 0 Å². The summed E-state index contributed by atoms with van der Waals surface area (Å²) in [6.45, 7) is 0.502. The van der Waals surface area contributed by atoms with Crippen molar-refractivity contribution >= 4 is 12.6 Å². The molecule has 98 valence electrons. The zero-order chi connectivity index (χ0) is 13.0. The third-order valence-electron chi connectivity index (χ3n) is 3.45. The van der Waals surface area contributed by atoms with Crippen LogP contribution in [0.25, 0.3) is 0 Å². The summed E-state index contributed by atoms with van der Waals surface area (Å²) in [6, 6.07) is 3.89. The Balaban J connectivity index is 1.97. The Morgan fingerprint density at radius 2 is 1.94 bits per heavy atom. The molecule has 0 radical (unpaired) electrons. The highest BCUT2D eigenvalue weighted by molar-refractivity contribution is 6.58. The van der Waals surface area contributed by atoms with Crippen LogP contribution in [-0.4, -0.2) is 23.8 Å². The van der Waals surface area contributed by atoms with Crippen molar-refractivity contribution in [3.8, 4) is 5.75 Å². The smallest absolute Gasteiger partial charge is 0.488 e. The maximum Gasteiger partial charge on any atom is 0.488 e. The van der Waals surface area contributed by atoms with Gasteiger partial charge in [-0.1, -0.05) is 25.3 Å². The van der Waals surface area contributed by atoms with Crippen molar-refractivity contribution in [3.63, 3.8) is 0 Å². The predicted octanol–water partition coefficient (Wildman–Crippen LogP) is 1.46. The topological polar surface area (TPSA) is 49.7 Å². The second-order valence-electron chi connectivity index (χ2n) is 4.88. The Morgan fingerprint density at radius 1 is 1.22 bits per heavy atom. The van der Waals surface area contributed by atoms with E-state index in [2.05, 4.69) is 0 Å². The molecule has 1 aliphatic rings. The van der Waals surface area contributed by atoms with E-state index in [0.29, 0.717) is 12.5 Å². The molecule has 0 aliphatic heterocycles. The van der Waals surface area contributed by atoms with Gasteiger partial charge in [-0.2, -0.15) is 0 Å². The fourth-order valence-electron chi connectivity index (χ4n) is 2.35. The highest BCUT2D eigenvalue weighted by Gasteiger charge is 2.17. The number of halogens is 1. The maximum absolute atomic E-state index is 13.5. The molecule has 1 aromatic rings. The number of rotatable bonds is 4. The average molecular weight is 252 g/mol. The molecule has 1 aromatic carbocycles. The maximum atomic E-state index is 13.5. The Kier molecular flexibility index (Phi) is 4.61. The van der Waals surface area contributed by atoms with Crippen molar-refractivity contribution in [1.82, 2.24) is 0 Å². The lowest BCUT2D eigenvalue weighted by Gasteiger charge is -2.21. The van der Waals surface area contributed by atoms with Crippen LogP contribution in [0.1, 0.15) is 32.1 Å². The van der Waals surface area contributed by atoms with E-state index in [0.717, 1.165) is 12.8 Å². The molecule has 1 saturated carbocycles. The molecular weight excluding hydrogens is 234 g/mol. The standard InChI is InChI=1S/C13H18BFO3/c15-12-7-6-11(14(16)17)8-13(12)18-9-10-4-2-1-3-5-10/h6-8,10,16-17H,1-5,9H2. The van der Waals surface area contributed by atoms with Gasteiger partial charge in [0.2, 0.25) is 0 Å². The fraction of sp³-hybridized carbons (Fsp3) is 0.538. The minimum atomic E-state index is -1.59. The third-order valence-corrected chi connectivity index (χ3v) is 3.45. The average Bonchev–Trinajstić information content (AvgIpc) is 2.38. The first-order chi connectivity index (χ1) is 8.66. The molecule has 0 bridgehead atoms. The highest BCUT2D eigenvalue weighted by Crippen LogP contribution is 2.25. The van der Waals surface area contributed by atoms with Crippen LogP contribution in [0.15, 0.2) is 18.2 Å². The molecule has 0 aromatic heterocycles. The summed E-state index contributed by atoms with van der Waals surface area (Å²) in [4.78, 5) is 0. The van der Waals surface area contributed by atoms with Crippen molar-refractivity contribution in [2.45, 2.75) is 32.1 Å². The fourth-order valence-corrected chi connectivity index (χ4v) is 2.35. The minimum Gasteiger partial charge on any atom is -0.490 e. The van der Waals surface area contributed by atoms with Gasteiger partial charge in [-0.15, -0.1) is 0 Å². The van der Waals surface area contributed by atoms with Crippen molar-refractivity contribution < 1.29 is 19.2 Å². The lowest BCUT2D eigenvalue weighted by molar-refractivity contribution is 0.202. The summed E-state index contributed by atoms with van der Waals surface area (Å²) < 4.78 is 19.0. The van der Waals surface area contributed by atoms with Gasteiger partial charge in [0.05, 0.1) is 6.61 Å². The zero-order valence-corrected chi connectivity index (χ0v) is 10.3. The molecule has 0 heterocycles. The first-order valence-electron chi connectivity index (χ1n) is 6.45. The van der Waals surface area contributed by atoms with Gasteiger partial charge in [0.1, 0.15) is 0 Å². The molecule has 0 saturated heterocycles. The van der Waals surface area contributed by atoms with Crippen LogP contribution in [0.3, 0.4) is 0 Å². The summed E-state index contributed by atoms with van der Waals surface area (Å²) in [5.74, 6) is 0.127. The molecule has 1 aliphatic carbocycles. The van der Waals surface area contributed by atoms with Crippen molar-refractivity contribution in [2.24, 2.45) is 5.92 Å². The van der Waals surface area contributed by atoms with Crippen LogP contribution in [-0.2, 0) is 0 Å². The van der Waals surface area contributed by atoms with Crippen molar-refractivity contribution in [3.05, 3.63) is 24.0 Å². The zero-order valence-electron chi connectivity index (χ0n) is 10.3. The van der Waals surface area contributed by atoms with E-state index in [1.807, 2.05) is 0 Å². The molecule has 3 nitrogen and oxygen atoms in total. The van der Waals surface area contributed by atoms with Crippen LogP contribution < -0.4 is 10.2 Å². The van der Waals surface area contributed by atoms with Crippen molar-refractivity contribution in [2.75, 3.05) is 6.61 Å². The molecule has 1 fully saturated rings. The van der Waals surface area contributed by atoms with Gasteiger partial charge in [-0.25, -0.2) is 4.39 Å². The Labute approximate surface area is 107 Å². The number of ether oxygens (including phenoxy) is 1. The molecule has 5 heteroatoms. The van der Waals surface area contributed by atoms with E-state index in [-0.39, 0.29) is 11.2 Å². The Bertz CT molecular complexity index is 392. The second kappa shape index (κ2) is 6.20. The van der Waals surface area contributed by atoms with Crippen LogP contribution in [0.5, 0.6) is 5.75 Å². The summed E-state index contributed by atoms with van der Waals surface area (Å²) in [6.07, 6.45) is 5.96. The molecule has 2 N–H and O–H groups in total. The van der Waals surface area contributed by atoms with Gasteiger partial charge in [-0.3, -0.25) is 0 Å². The third kappa shape index (κ3) is 3.46. The Morgan fingerprint density at radius 3 is 2.61 bits per heavy atom. The van der Waals surface area contributed by atoms with Gasteiger partial charge >= 0.3 is 7.12 Å². The Hall–Kier alpha value is -1.07. The van der Waals surface area contributed by atoms with Crippen LogP contribution >= 0.6 is 0 Å². The van der Waals surface area contributed by atoms with E-state index in [1.165, 1.54) is 37.5 Å². The summed E-state index contributed by atoms with van der Waals surface area (Å²) in [5.41, 5.74) is 0.245. The SMILES string of the molecule is OB(O)c1ccc(F)c(OCC2CCCCC2)c1. The normalized spacial score (nSPS) is 16.6. The van der Waals surface area contributed by atoms with Gasteiger partial charge < -0.3 is 14.8 Å². The van der Waals surface area contributed by atoms with Crippen LogP contribution in [0.4, 0.5) is 4.39 Å². The van der Waals surface area contributed by atoms with E-state index in [1.54, 1.807) is 0 Å². The molecular formula is C13H18BFO3. The largest absolute Gasteiger partial charge is 0.490 e. The second-order valence-corrected chi connectivity index (χ2v) is 4.88. The van der Waals surface area contributed by atoms with Crippen molar-refractivity contribution in [1.29, 1.82) is 0 Å². The lowest BCUT2D eigenvalue weighted by atomic mass is 9.80. The van der Waals surface area contributed by atoms with E-state index < -0.39 is 12.9 Å². The van der Waals surface area contributed by atoms with E-state index >= 15 is 0 Å².